The van der Waals surface area contributed by atoms with Gasteiger partial charge in [-0.05, 0) is 6.07 Å². The molecule has 0 aliphatic carbocycles. The normalized spacial score (nSPS) is 11.3. The van der Waals surface area contributed by atoms with Crippen LogP contribution in [0.3, 0.4) is 0 Å². The van der Waals surface area contributed by atoms with Crippen LogP contribution in [0.1, 0.15) is 0 Å². The predicted molar refractivity (Wildman–Crippen MR) is 78.2 cm³/mol. The number of ether oxygens (including phenoxy) is 1. The number of benzene rings is 1. The fraction of sp³-hybridized carbons (Fsp3) is 0.500. The van der Waals surface area contributed by atoms with Crippen molar-refractivity contribution in [3.63, 3.8) is 0 Å². The summed E-state index contributed by atoms with van der Waals surface area (Å²) in [4.78, 5) is 10.3. The molecule has 0 amide bonds. The van der Waals surface area contributed by atoms with Gasteiger partial charge < -0.3 is 13.8 Å². The molecule has 0 fully saturated rings. The van der Waals surface area contributed by atoms with Crippen LogP contribution in [0.2, 0.25) is 0 Å². The van der Waals surface area contributed by atoms with Gasteiger partial charge in [-0.2, -0.15) is 0 Å². The molecule has 0 unspecified atom stereocenters. The first kappa shape index (κ1) is 20.2. The van der Waals surface area contributed by atoms with E-state index in [1.165, 1.54) is 6.07 Å². The summed E-state index contributed by atoms with van der Waals surface area (Å²) in [5.41, 5.74) is 0.0175. The Kier molecular flexibility index (Phi) is 7.95. The Morgan fingerprint density at radius 1 is 1.23 bits per heavy atom. The second-order valence-electron chi connectivity index (χ2n) is 5.16. The molecule has 10 heteroatoms. The summed E-state index contributed by atoms with van der Waals surface area (Å²) in [5, 5.41) is 10.7. The third kappa shape index (κ3) is 10.0. The van der Waals surface area contributed by atoms with E-state index in [9.17, 15) is 23.1 Å². The second-order valence-corrected chi connectivity index (χ2v) is 6.31. The van der Waals surface area contributed by atoms with Crippen molar-refractivity contribution in [2.24, 2.45) is 0 Å². The minimum Gasteiger partial charge on any atom is -0.726 e. The van der Waals surface area contributed by atoms with Gasteiger partial charge in [0.1, 0.15) is 13.2 Å². The highest BCUT2D eigenvalue weighted by atomic mass is 32.3. The van der Waals surface area contributed by atoms with Gasteiger partial charge in [-0.1, -0.05) is 12.1 Å². The molecule has 1 rings (SSSR count). The maximum Gasteiger partial charge on any atom is 0.310 e. The van der Waals surface area contributed by atoms with Crippen LogP contribution in [-0.2, 0) is 14.6 Å². The van der Waals surface area contributed by atoms with Gasteiger partial charge in [0.15, 0.2) is 5.75 Å². The molecule has 1 aromatic carbocycles. The van der Waals surface area contributed by atoms with Gasteiger partial charge in [0.05, 0.1) is 33.2 Å². The highest BCUT2D eigenvalue weighted by Crippen LogP contribution is 2.25. The molecule has 0 saturated heterocycles. The smallest absolute Gasteiger partial charge is 0.310 e. The van der Waals surface area contributed by atoms with Gasteiger partial charge in [0.25, 0.3) is 0 Å². The first-order valence-electron chi connectivity index (χ1n) is 6.14. The Morgan fingerprint density at radius 2 is 1.73 bits per heavy atom. The zero-order valence-corrected chi connectivity index (χ0v) is 13.7. The molecule has 126 valence electrons. The quantitative estimate of drug-likeness (QED) is 0.247. The summed E-state index contributed by atoms with van der Waals surface area (Å²) in [7, 11) is 2.53. The number of nitro benzene ring substituents is 1. The molecule has 22 heavy (non-hydrogen) atoms. The molecule has 0 aromatic heterocycles. The summed E-state index contributed by atoms with van der Waals surface area (Å²) in [6.07, 6.45) is 0. The number of rotatable bonds is 6. The maximum atomic E-state index is 10.7. The second kappa shape index (κ2) is 8.63. The summed E-state index contributed by atoms with van der Waals surface area (Å²) < 4.78 is 37.2. The van der Waals surface area contributed by atoms with Gasteiger partial charge in [-0.15, -0.1) is 0 Å². The Morgan fingerprint density at radius 3 is 2.14 bits per heavy atom. The minimum atomic E-state index is -4.41. The van der Waals surface area contributed by atoms with Crippen LogP contribution in [0.4, 0.5) is 5.69 Å². The molecular formula is C12H20N2O7S. The van der Waals surface area contributed by atoms with Crippen LogP contribution >= 0.6 is 0 Å². The van der Waals surface area contributed by atoms with Crippen molar-refractivity contribution in [2.75, 3.05) is 41.4 Å². The number of hydrogen-bond acceptors (Lipinski definition) is 7. The van der Waals surface area contributed by atoms with Crippen molar-refractivity contribution in [3.8, 4) is 5.75 Å². The molecule has 0 saturated carbocycles. The third-order valence-corrected chi connectivity index (χ3v) is 2.69. The lowest BCUT2D eigenvalue weighted by Gasteiger charge is -2.23. The molecule has 0 spiro atoms. The lowest BCUT2D eigenvalue weighted by atomic mass is 10.3. The van der Waals surface area contributed by atoms with Crippen LogP contribution in [0.5, 0.6) is 5.75 Å². The topological polar surface area (TPSA) is 119 Å². The number of quaternary nitrogens is 1. The predicted octanol–water partition coefficient (Wildman–Crippen LogP) is 0.773. The van der Waals surface area contributed by atoms with Crippen LogP contribution in [0.25, 0.3) is 0 Å². The standard InChI is InChI=1S/C11H17N2O3.CH4O4S/c1-13(2,3)8-9-16-11-7-5-4-6-10(11)12(14)15;1-5-6(2,3)4/h4-7H,8-9H2,1-3H3;1H3,(H,2,3,4)/q+1;/p-1. The van der Waals surface area contributed by atoms with Crippen LogP contribution < -0.4 is 4.74 Å². The van der Waals surface area contributed by atoms with E-state index in [0.717, 1.165) is 18.1 Å². The average Bonchev–Trinajstić information content (AvgIpc) is 2.37. The zero-order valence-electron chi connectivity index (χ0n) is 12.9. The molecular weight excluding hydrogens is 316 g/mol. The van der Waals surface area contributed by atoms with Crippen molar-refractivity contribution in [2.45, 2.75) is 0 Å². The molecule has 0 heterocycles. The van der Waals surface area contributed by atoms with Crippen LogP contribution in [-0.4, -0.2) is 63.8 Å². The lowest BCUT2D eigenvalue weighted by Crippen LogP contribution is -2.38. The van der Waals surface area contributed by atoms with Gasteiger partial charge in [-0.3, -0.25) is 14.3 Å². The van der Waals surface area contributed by atoms with E-state index in [4.69, 9.17) is 4.74 Å². The van der Waals surface area contributed by atoms with E-state index in [-0.39, 0.29) is 5.69 Å². The van der Waals surface area contributed by atoms with Crippen molar-refractivity contribution in [1.82, 2.24) is 0 Å². The molecule has 0 atom stereocenters. The van der Waals surface area contributed by atoms with E-state index in [2.05, 4.69) is 4.18 Å². The third-order valence-electron chi connectivity index (χ3n) is 2.29. The summed E-state index contributed by atoms with van der Waals surface area (Å²) in [5.74, 6) is 0.334. The molecule has 0 aliphatic rings. The zero-order chi connectivity index (χ0) is 17.4. The summed E-state index contributed by atoms with van der Waals surface area (Å²) in [6, 6.07) is 6.42. The molecule has 1 aromatic rings. The monoisotopic (exact) mass is 336 g/mol. The van der Waals surface area contributed by atoms with Gasteiger partial charge in [-0.25, -0.2) is 8.42 Å². The van der Waals surface area contributed by atoms with Gasteiger partial charge in [0.2, 0.25) is 10.4 Å². The SMILES string of the molecule is COS(=O)(=O)[O-].C[N+](C)(C)CCOc1ccccc1[N+](=O)[O-]. The highest BCUT2D eigenvalue weighted by molar-refractivity contribution is 7.80. The van der Waals surface area contributed by atoms with Crippen molar-refractivity contribution >= 4 is 16.1 Å². The average molecular weight is 336 g/mol. The summed E-state index contributed by atoms with van der Waals surface area (Å²) in [6.45, 7) is 1.26. The molecule has 9 nitrogen and oxygen atoms in total. The minimum absolute atomic E-state index is 0.0175. The van der Waals surface area contributed by atoms with E-state index in [0.29, 0.717) is 12.4 Å². The fourth-order valence-electron chi connectivity index (χ4n) is 1.16. The van der Waals surface area contributed by atoms with Crippen molar-refractivity contribution in [1.29, 1.82) is 0 Å². The number of hydrogen-bond donors (Lipinski definition) is 0. The van der Waals surface area contributed by atoms with E-state index in [1.807, 2.05) is 21.1 Å². The molecule has 0 radical (unpaired) electrons. The first-order valence-corrected chi connectivity index (χ1v) is 7.48. The molecule has 0 aliphatic heterocycles. The Hall–Kier alpha value is -1.75. The van der Waals surface area contributed by atoms with Crippen molar-refractivity contribution < 1.29 is 31.3 Å². The Bertz CT molecular complexity index is 581. The first-order chi connectivity index (χ1) is 9.96. The number of para-hydroxylation sites is 2. The van der Waals surface area contributed by atoms with E-state index in [1.54, 1.807) is 18.2 Å². The summed E-state index contributed by atoms with van der Waals surface area (Å²) >= 11 is 0. The fourth-order valence-corrected chi connectivity index (χ4v) is 1.16. The Labute approximate surface area is 129 Å². The maximum absolute atomic E-state index is 10.7. The Balaban J connectivity index is 0.000000626. The van der Waals surface area contributed by atoms with Crippen molar-refractivity contribution in [3.05, 3.63) is 34.4 Å². The van der Waals surface area contributed by atoms with Crippen LogP contribution in [0.15, 0.2) is 24.3 Å². The molecule has 0 N–H and O–H groups in total. The van der Waals surface area contributed by atoms with E-state index >= 15 is 0 Å². The van der Waals surface area contributed by atoms with Gasteiger partial charge >= 0.3 is 5.69 Å². The van der Waals surface area contributed by atoms with Crippen LogP contribution in [0, 0.1) is 10.1 Å². The highest BCUT2D eigenvalue weighted by Gasteiger charge is 2.14. The van der Waals surface area contributed by atoms with E-state index < -0.39 is 15.3 Å². The number of nitro groups is 1. The molecule has 0 bridgehead atoms. The number of likely N-dealkylation sites (N-methyl/N-ethyl adjacent to an activating group) is 1. The largest absolute Gasteiger partial charge is 0.726 e. The number of nitrogens with zero attached hydrogens (tertiary/aromatic N) is 2. The van der Waals surface area contributed by atoms with Gasteiger partial charge in [0, 0.05) is 6.07 Å². The lowest BCUT2D eigenvalue weighted by molar-refractivity contribution is -0.870.